The van der Waals surface area contributed by atoms with Crippen molar-refractivity contribution >= 4 is 14.1 Å². The summed E-state index contributed by atoms with van der Waals surface area (Å²) in [7, 11) is -3.09. The molecule has 0 aliphatic carbocycles. The summed E-state index contributed by atoms with van der Waals surface area (Å²) in [5, 5.41) is 9.56. The summed E-state index contributed by atoms with van der Waals surface area (Å²) in [6, 6.07) is 1.27. The minimum atomic E-state index is -3.09. The Morgan fingerprint density at radius 1 is 1.67 bits per heavy atom. The minimum Gasteiger partial charge on any atom is -0.391 e. The van der Waals surface area contributed by atoms with E-state index in [-0.39, 0.29) is 5.82 Å². The molecule has 3 unspecified atom stereocenters. The van der Waals surface area contributed by atoms with Crippen LogP contribution in [-0.4, -0.2) is 44.0 Å². The standard InChI is InChI=1S/C10H13FN3O6P/c1-4(15)7-8(20-21(17)18)6(11)9(19-7)14-3-2-5(12)13-10(14)16/h2-4,6-9,15H,1H3,(H2-,12,13,16,17,18)/p+1/t4-,6?,7+,8?,9+/m0/s1. The van der Waals surface area contributed by atoms with Crippen LogP contribution in [0.5, 0.6) is 0 Å². The zero-order valence-electron chi connectivity index (χ0n) is 10.9. The van der Waals surface area contributed by atoms with Gasteiger partial charge in [-0.05, 0) is 13.0 Å². The number of ether oxygens (including phenoxy) is 1. The Balaban J connectivity index is 2.33. The molecule has 6 atom stereocenters. The highest BCUT2D eigenvalue weighted by molar-refractivity contribution is 7.32. The zero-order valence-corrected chi connectivity index (χ0v) is 11.8. The van der Waals surface area contributed by atoms with Gasteiger partial charge < -0.3 is 15.6 Å². The molecule has 0 saturated carbocycles. The highest BCUT2D eigenvalue weighted by atomic mass is 31.1. The van der Waals surface area contributed by atoms with Gasteiger partial charge in [0, 0.05) is 10.8 Å². The second kappa shape index (κ2) is 6.12. The van der Waals surface area contributed by atoms with Crippen molar-refractivity contribution in [2.45, 2.75) is 37.6 Å². The van der Waals surface area contributed by atoms with Crippen molar-refractivity contribution in [3.63, 3.8) is 0 Å². The Morgan fingerprint density at radius 3 is 2.86 bits per heavy atom. The van der Waals surface area contributed by atoms with Crippen LogP contribution in [0.15, 0.2) is 17.1 Å². The van der Waals surface area contributed by atoms with Crippen LogP contribution >= 0.6 is 8.25 Å². The first-order valence-corrected chi connectivity index (χ1v) is 7.09. The molecule has 0 amide bonds. The highest BCUT2D eigenvalue weighted by Gasteiger charge is 2.53. The fourth-order valence-electron chi connectivity index (χ4n) is 2.11. The van der Waals surface area contributed by atoms with E-state index in [1.807, 2.05) is 0 Å². The Labute approximate surface area is 119 Å². The number of halogens is 1. The molecular formula is C10H14FN3O6P+. The molecule has 21 heavy (non-hydrogen) atoms. The second-order valence-electron chi connectivity index (χ2n) is 4.53. The molecule has 116 valence electrons. The van der Waals surface area contributed by atoms with Gasteiger partial charge in [0.1, 0.15) is 11.9 Å². The second-order valence-corrected chi connectivity index (χ2v) is 5.21. The molecule has 1 aromatic heterocycles. The van der Waals surface area contributed by atoms with E-state index in [9.17, 15) is 18.9 Å². The molecule has 0 radical (unpaired) electrons. The third kappa shape index (κ3) is 3.25. The van der Waals surface area contributed by atoms with E-state index in [1.54, 1.807) is 0 Å². The maximum atomic E-state index is 14.4. The van der Waals surface area contributed by atoms with Gasteiger partial charge in [-0.15, -0.1) is 9.42 Å². The fourth-order valence-corrected chi connectivity index (χ4v) is 2.55. The lowest BCUT2D eigenvalue weighted by Gasteiger charge is -2.17. The number of nitrogens with two attached hydrogens (primary N) is 1. The molecule has 2 rings (SSSR count). The van der Waals surface area contributed by atoms with Crippen molar-refractivity contribution in [3.05, 3.63) is 22.7 Å². The summed E-state index contributed by atoms with van der Waals surface area (Å²) in [6.45, 7) is 1.31. The van der Waals surface area contributed by atoms with Crippen LogP contribution in [0.1, 0.15) is 13.2 Å². The molecular weight excluding hydrogens is 308 g/mol. The van der Waals surface area contributed by atoms with Gasteiger partial charge in [-0.25, -0.2) is 9.18 Å². The number of nitrogen functional groups attached to an aromatic ring is 1. The molecule has 2 heterocycles. The first kappa shape index (κ1) is 15.9. The Bertz CT molecular complexity index is 596. The predicted molar refractivity (Wildman–Crippen MR) is 68.1 cm³/mol. The Morgan fingerprint density at radius 2 is 2.33 bits per heavy atom. The van der Waals surface area contributed by atoms with Crippen molar-refractivity contribution in [2.75, 3.05) is 5.73 Å². The topological polar surface area (TPSA) is 137 Å². The molecule has 0 aromatic carbocycles. The summed E-state index contributed by atoms with van der Waals surface area (Å²) in [5.74, 6) is -0.0389. The van der Waals surface area contributed by atoms with Gasteiger partial charge >= 0.3 is 13.9 Å². The normalized spacial score (nSPS) is 31.1. The van der Waals surface area contributed by atoms with E-state index in [2.05, 4.69) is 9.51 Å². The summed E-state index contributed by atoms with van der Waals surface area (Å²) < 4.78 is 35.8. The van der Waals surface area contributed by atoms with Crippen LogP contribution in [0.25, 0.3) is 0 Å². The smallest absolute Gasteiger partial charge is 0.391 e. The summed E-state index contributed by atoms with van der Waals surface area (Å²) in [5.41, 5.74) is 4.49. The van der Waals surface area contributed by atoms with Gasteiger partial charge in [0.25, 0.3) is 0 Å². The molecule has 11 heteroatoms. The number of hydrogen-bond donors (Lipinski definition) is 3. The van der Waals surface area contributed by atoms with E-state index in [1.165, 1.54) is 19.2 Å². The first-order chi connectivity index (χ1) is 9.81. The largest absolute Gasteiger partial charge is 0.695 e. The maximum Gasteiger partial charge on any atom is 0.695 e. The van der Waals surface area contributed by atoms with Gasteiger partial charge in [-0.3, -0.25) is 4.57 Å². The summed E-state index contributed by atoms with van der Waals surface area (Å²) in [6.07, 6.45) is -6.08. The highest BCUT2D eigenvalue weighted by Crippen LogP contribution is 2.38. The zero-order chi connectivity index (χ0) is 15.7. The average Bonchev–Trinajstić information content (AvgIpc) is 2.67. The quantitative estimate of drug-likeness (QED) is 0.630. The van der Waals surface area contributed by atoms with E-state index in [0.717, 1.165) is 4.57 Å². The monoisotopic (exact) mass is 322 g/mol. The van der Waals surface area contributed by atoms with E-state index < -0.39 is 44.7 Å². The lowest BCUT2D eigenvalue weighted by molar-refractivity contribution is -0.0756. The molecule has 9 nitrogen and oxygen atoms in total. The van der Waals surface area contributed by atoms with Crippen molar-refractivity contribution in [1.82, 2.24) is 9.55 Å². The van der Waals surface area contributed by atoms with Gasteiger partial charge in [0.2, 0.25) is 0 Å². The van der Waals surface area contributed by atoms with Gasteiger partial charge in [-0.1, -0.05) is 0 Å². The van der Waals surface area contributed by atoms with Gasteiger partial charge in [-0.2, -0.15) is 4.98 Å². The third-order valence-electron chi connectivity index (χ3n) is 3.02. The van der Waals surface area contributed by atoms with Gasteiger partial charge in [0.15, 0.2) is 18.5 Å². The lowest BCUT2D eigenvalue weighted by Crippen LogP contribution is -2.37. The molecule has 0 spiro atoms. The third-order valence-corrected chi connectivity index (χ3v) is 3.44. The van der Waals surface area contributed by atoms with E-state index in [0.29, 0.717) is 0 Å². The van der Waals surface area contributed by atoms with Crippen LogP contribution in [0.3, 0.4) is 0 Å². The number of aromatic nitrogens is 2. The number of hydrogen-bond acceptors (Lipinski definition) is 7. The fraction of sp³-hybridized carbons (Fsp3) is 0.600. The van der Waals surface area contributed by atoms with Crippen molar-refractivity contribution in [3.8, 4) is 0 Å². The number of nitrogens with zero attached hydrogens (tertiary/aromatic N) is 2. The molecule has 4 N–H and O–H groups in total. The molecule has 1 aromatic rings. The van der Waals surface area contributed by atoms with Crippen molar-refractivity contribution in [1.29, 1.82) is 0 Å². The molecule has 0 bridgehead atoms. The predicted octanol–water partition coefficient (Wildman–Crippen LogP) is -0.523. The molecule has 1 fully saturated rings. The molecule has 1 aliphatic rings. The van der Waals surface area contributed by atoms with Crippen molar-refractivity contribution < 1.29 is 28.2 Å². The number of rotatable bonds is 4. The summed E-state index contributed by atoms with van der Waals surface area (Å²) >= 11 is 0. The van der Waals surface area contributed by atoms with Crippen LogP contribution in [0.4, 0.5) is 10.2 Å². The lowest BCUT2D eigenvalue weighted by atomic mass is 10.1. The number of aliphatic hydroxyl groups is 1. The van der Waals surface area contributed by atoms with Gasteiger partial charge in [0.05, 0.1) is 6.10 Å². The molecule has 1 saturated heterocycles. The maximum absolute atomic E-state index is 14.4. The number of anilines is 1. The molecule has 1 aliphatic heterocycles. The Kier molecular flexibility index (Phi) is 4.64. The minimum absolute atomic E-state index is 0.0389. The average molecular weight is 322 g/mol. The van der Waals surface area contributed by atoms with E-state index in [4.69, 9.17) is 15.4 Å². The number of aliphatic hydroxyl groups excluding tert-OH is 1. The Hall–Kier alpha value is -1.45. The van der Waals surface area contributed by atoms with Crippen LogP contribution in [0, 0.1) is 0 Å². The van der Waals surface area contributed by atoms with Crippen LogP contribution < -0.4 is 11.4 Å². The first-order valence-electron chi connectivity index (χ1n) is 5.96. The SMILES string of the molecule is C[C@H](O)[C@H]1O[C@@H](n2ccc(N)nc2=O)C(F)C1O[P+](=O)O. The van der Waals surface area contributed by atoms with Crippen LogP contribution in [-0.2, 0) is 13.8 Å². The van der Waals surface area contributed by atoms with E-state index >= 15 is 0 Å². The number of alkyl halides is 1. The van der Waals surface area contributed by atoms with Crippen LogP contribution in [0.2, 0.25) is 0 Å². The van der Waals surface area contributed by atoms with Crippen molar-refractivity contribution in [2.24, 2.45) is 0 Å². The summed E-state index contributed by atoms with van der Waals surface area (Å²) in [4.78, 5) is 23.9.